The van der Waals surface area contributed by atoms with E-state index in [1.165, 1.54) is 24.1 Å². The van der Waals surface area contributed by atoms with Gasteiger partial charge in [-0.1, -0.05) is 0 Å². The number of rotatable bonds is 2. The van der Waals surface area contributed by atoms with Gasteiger partial charge in [0.15, 0.2) is 11.6 Å². The van der Waals surface area contributed by atoms with E-state index < -0.39 is 11.9 Å². The zero-order valence-electron chi connectivity index (χ0n) is 10.0. The number of aliphatic hydroxyl groups excluding tert-OH is 1. The zero-order chi connectivity index (χ0) is 13.1. The van der Waals surface area contributed by atoms with Crippen LogP contribution < -0.4 is 10.1 Å². The Balaban J connectivity index is 2.01. The Morgan fingerprint density at radius 2 is 2.39 bits per heavy atom. The van der Waals surface area contributed by atoms with Crippen molar-refractivity contribution in [2.45, 2.75) is 12.5 Å². The first-order chi connectivity index (χ1) is 8.60. The van der Waals surface area contributed by atoms with Crippen molar-refractivity contribution >= 4 is 11.7 Å². The van der Waals surface area contributed by atoms with E-state index in [1.807, 2.05) is 0 Å². The summed E-state index contributed by atoms with van der Waals surface area (Å²) in [7, 11) is 1.38. The summed E-state index contributed by atoms with van der Waals surface area (Å²) in [6.45, 7) is 0.816. The first-order valence-corrected chi connectivity index (χ1v) is 5.67. The third-order valence-corrected chi connectivity index (χ3v) is 2.85. The minimum atomic E-state index is -0.531. The molecule has 0 unspecified atom stereocenters. The molecule has 0 aromatic heterocycles. The van der Waals surface area contributed by atoms with Crippen molar-refractivity contribution in [2.75, 3.05) is 25.5 Å². The van der Waals surface area contributed by atoms with Gasteiger partial charge in [0.25, 0.3) is 0 Å². The second kappa shape index (κ2) is 5.22. The van der Waals surface area contributed by atoms with Crippen LogP contribution in [0.4, 0.5) is 14.9 Å². The predicted molar refractivity (Wildman–Crippen MR) is 64.2 cm³/mol. The van der Waals surface area contributed by atoms with Gasteiger partial charge >= 0.3 is 6.03 Å². The maximum Gasteiger partial charge on any atom is 0.321 e. The number of carbonyl (C=O) groups is 1. The van der Waals surface area contributed by atoms with Crippen LogP contribution in [-0.2, 0) is 0 Å². The molecule has 0 radical (unpaired) electrons. The van der Waals surface area contributed by atoms with E-state index in [9.17, 15) is 14.3 Å². The number of hydrogen-bond donors (Lipinski definition) is 2. The number of likely N-dealkylation sites (tertiary alicyclic amines) is 1. The van der Waals surface area contributed by atoms with Crippen molar-refractivity contribution in [3.05, 3.63) is 24.0 Å². The van der Waals surface area contributed by atoms with Crippen LogP contribution in [0.5, 0.6) is 5.75 Å². The van der Waals surface area contributed by atoms with E-state index in [0.717, 1.165) is 0 Å². The molecular formula is C12H15FN2O3. The molecule has 2 amide bonds. The number of ether oxygens (including phenoxy) is 1. The van der Waals surface area contributed by atoms with Gasteiger partial charge in [-0.3, -0.25) is 0 Å². The third-order valence-electron chi connectivity index (χ3n) is 2.85. The fourth-order valence-electron chi connectivity index (χ4n) is 1.87. The second-order valence-corrected chi connectivity index (χ2v) is 4.17. The molecule has 0 saturated carbocycles. The number of halogens is 1. The molecular weight excluding hydrogens is 239 g/mol. The molecule has 1 aromatic rings. The highest BCUT2D eigenvalue weighted by molar-refractivity contribution is 5.89. The lowest BCUT2D eigenvalue weighted by Crippen LogP contribution is -2.33. The quantitative estimate of drug-likeness (QED) is 0.839. The summed E-state index contributed by atoms with van der Waals surface area (Å²) in [5, 5.41) is 11.9. The predicted octanol–water partition coefficient (Wildman–Crippen LogP) is 1.43. The molecule has 1 saturated heterocycles. The molecule has 2 N–H and O–H groups in total. The number of nitrogens with one attached hydrogen (secondary N) is 1. The second-order valence-electron chi connectivity index (χ2n) is 4.17. The molecule has 5 nitrogen and oxygen atoms in total. The Hall–Kier alpha value is -1.82. The molecule has 2 rings (SSSR count). The normalized spacial score (nSPS) is 18.8. The third kappa shape index (κ3) is 2.70. The highest BCUT2D eigenvalue weighted by Crippen LogP contribution is 2.21. The SMILES string of the molecule is COc1ccc(NC(=O)N2CC[C@@H](O)C2)cc1F. The topological polar surface area (TPSA) is 61.8 Å². The molecule has 1 aromatic carbocycles. The van der Waals surface area contributed by atoms with Gasteiger partial charge in [-0.2, -0.15) is 0 Å². The van der Waals surface area contributed by atoms with E-state index in [4.69, 9.17) is 4.74 Å². The fraction of sp³-hybridized carbons (Fsp3) is 0.417. The van der Waals surface area contributed by atoms with Crippen molar-refractivity contribution in [1.82, 2.24) is 4.90 Å². The van der Waals surface area contributed by atoms with Gasteiger partial charge in [0.05, 0.1) is 13.2 Å². The Bertz CT molecular complexity index is 453. The van der Waals surface area contributed by atoms with Crippen molar-refractivity contribution in [3.8, 4) is 5.75 Å². The van der Waals surface area contributed by atoms with Crippen LogP contribution in [0.25, 0.3) is 0 Å². The van der Waals surface area contributed by atoms with E-state index in [1.54, 1.807) is 6.07 Å². The molecule has 1 atom stereocenters. The first kappa shape index (κ1) is 12.6. The maximum atomic E-state index is 13.4. The lowest BCUT2D eigenvalue weighted by atomic mass is 10.3. The van der Waals surface area contributed by atoms with Crippen LogP contribution in [0, 0.1) is 5.82 Å². The van der Waals surface area contributed by atoms with Crippen molar-refractivity contribution in [2.24, 2.45) is 0 Å². The monoisotopic (exact) mass is 254 g/mol. The number of carbonyl (C=O) groups excluding carboxylic acids is 1. The number of aliphatic hydroxyl groups is 1. The van der Waals surface area contributed by atoms with E-state index in [2.05, 4.69) is 5.32 Å². The minimum absolute atomic E-state index is 0.129. The number of hydrogen-bond acceptors (Lipinski definition) is 3. The largest absolute Gasteiger partial charge is 0.494 e. The molecule has 0 spiro atoms. The zero-order valence-corrected chi connectivity index (χ0v) is 10.0. The Morgan fingerprint density at radius 3 is 2.94 bits per heavy atom. The van der Waals surface area contributed by atoms with Gasteiger partial charge in [0, 0.05) is 24.8 Å². The number of urea groups is 1. The number of amides is 2. The lowest BCUT2D eigenvalue weighted by molar-refractivity contribution is 0.176. The van der Waals surface area contributed by atoms with E-state index >= 15 is 0 Å². The maximum absolute atomic E-state index is 13.4. The summed E-state index contributed by atoms with van der Waals surface area (Å²) in [5.74, 6) is -0.402. The molecule has 1 fully saturated rings. The molecule has 1 aliphatic rings. The summed E-state index contributed by atoms with van der Waals surface area (Å²) >= 11 is 0. The van der Waals surface area contributed by atoms with Crippen LogP contribution in [0.3, 0.4) is 0 Å². The van der Waals surface area contributed by atoms with Gasteiger partial charge in [0.2, 0.25) is 0 Å². The molecule has 18 heavy (non-hydrogen) atoms. The first-order valence-electron chi connectivity index (χ1n) is 5.67. The van der Waals surface area contributed by atoms with Crippen LogP contribution in [-0.4, -0.2) is 42.3 Å². The van der Waals surface area contributed by atoms with Crippen molar-refractivity contribution < 1.29 is 19.0 Å². The Morgan fingerprint density at radius 1 is 1.61 bits per heavy atom. The van der Waals surface area contributed by atoms with Gasteiger partial charge < -0.3 is 20.1 Å². The Kier molecular flexibility index (Phi) is 3.66. The van der Waals surface area contributed by atoms with E-state index in [-0.39, 0.29) is 11.8 Å². The average molecular weight is 254 g/mol. The molecule has 1 aliphatic heterocycles. The van der Waals surface area contributed by atoms with Crippen LogP contribution in [0.15, 0.2) is 18.2 Å². The highest BCUT2D eigenvalue weighted by Gasteiger charge is 2.24. The van der Waals surface area contributed by atoms with Crippen LogP contribution in [0.1, 0.15) is 6.42 Å². The molecule has 1 heterocycles. The van der Waals surface area contributed by atoms with Gasteiger partial charge in [-0.15, -0.1) is 0 Å². The minimum Gasteiger partial charge on any atom is -0.494 e. The lowest BCUT2D eigenvalue weighted by Gasteiger charge is -2.16. The van der Waals surface area contributed by atoms with Gasteiger partial charge in [-0.25, -0.2) is 9.18 Å². The molecule has 6 heteroatoms. The summed E-state index contributed by atoms with van der Waals surface area (Å²) in [6.07, 6.45) is 0.105. The summed E-state index contributed by atoms with van der Waals surface area (Å²) in [6, 6.07) is 3.87. The fourth-order valence-corrected chi connectivity index (χ4v) is 1.87. The summed E-state index contributed by atoms with van der Waals surface area (Å²) in [4.78, 5) is 13.3. The van der Waals surface area contributed by atoms with Gasteiger partial charge in [-0.05, 0) is 18.6 Å². The van der Waals surface area contributed by atoms with E-state index in [0.29, 0.717) is 25.2 Å². The molecule has 98 valence electrons. The summed E-state index contributed by atoms with van der Waals surface area (Å²) in [5.41, 5.74) is 0.361. The number of benzene rings is 1. The number of methoxy groups -OCH3 is 1. The highest BCUT2D eigenvalue weighted by atomic mass is 19.1. The molecule has 0 aliphatic carbocycles. The van der Waals surface area contributed by atoms with Crippen molar-refractivity contribution in [3.63, 3.8) is 0 Å². The van der Waals surface area contributed by atoms with Crippen molar-refractivity contribution in [1.29, 1.82) is 0 Å². The van der Waals surface area contributed by atoms with Gasteiger partial charge in [0.1, 0.15) is 0 Å². The van der Waals surface area contributed by atoms with Crippen LogP contribution in [0.2, 0.25) is 0 Å². The Labute approximate surface area is 104 Å². The number of nitrogens with zero attached hydrogens (tertiary/aromatic N) is 1. The number of anilines is 1. The molecule has 0 bridgehead atoms. The summed E-state index contributed by atoms with van der Waals surface area (Å²) < 4.78 is 18.2. The standard InChI is InChI=1S/C12H15FN2O3/c1-18-11-3-2-8(6-10(11)13)14-12(17)15-5-4-9(16)7-15/h2-3,6,9,16H,4-5,7H2,1H3,(H,14,17)/t9-/m1/s1. The average Bonchev–Trinajstić information content (AvgIpc) is 2.76. The number of β-amino-alcohol motifs (C(OH)–C–C–N with tert-alkyl or cyclic N) is 1. The smallest absolute Gasteiger partial charge is 0.321 e. The van der Waals surface area contributed by atoms with Crippen LogP contribution >= 0.6 is 0 Å².